The minimum Gasteiger partial charge on any atom is -0.661 e. The van der Waals surface area contributed by atoms with Crippen LogP contribution in [0.1, 0.15) is 44.9 Å². The SMILES string of the molecule is COC(=O)C1=C[C@@H]2CCC=C[C@@H]([C@@H]2O[C@@H]2O[C@H](CO)[C@]34OC(CCCO)=c5[n-]ccc5=C3CC[C@@]2(O)[C@H]4O)[C@@H]1CC(=O)O. The predicted molar refractivity (Wildman–Crippen MR) is 148 cm³/mol. The van der Waals surface area contributed by atoms with Crippen LogP contribution in [0.25, 0.3) is 11.3 Å². The molecule has 234 valence electrons. The van der Waals surface area contributed by atoms with Gasteiger partial charge in [-0.3, -0.25) is 4.79 Å². The van der Waals surface area contributed by atoms with Gasteiger partial charge in [0.2, 0.25) is 0 Å². The van der Waals surface area contributed by atoms with Crippen LogP contribution >= 0.6 is 0 Å². The van der Waals surface area contributed by atoms with Crippen LogP contribution in [0, 0.1) is 17.8 Å². The molecule has 43 heavy (non-hydrogen) atoms. The molecule has 1 saturated carbocycles. The van der Waals surface area contributed by atoms with Gasteiger partial charge >= 0.3 is 11.9 Å². The Hall–Kier alpha value is -3.00. The molecular formula is C31H38NO11-. The highest BCUT2D eigenvalue weighted by Gasteiger charge is 2.70. The molecular weight excluding hydrogens is 562 g/mol. The monoisotopic (exact) mass is 600 g/mol. The lowest BCUT2D eigenvalue weighted by atomic mass is 9.63. The van der Waals surface area contributed by atoms with E-state index in [0.29, 0.717) is 48.8 Å². The largest absolute Gasteiger partial charge is 0.661 e. The van der Waals surface area contributed by atoms with Gasteiger partial charge in [0.15, 0.2) is 11.9 Å². The van der Waals surface area contributed by atoms with E-state index in [1.165, 1.54) is 7.11 Å². The number of aliphatic carboxylic acids is 1. The van der Waals surface area contributed by atoms with Crippen molar-refractivity contribution in [1.82, 2.24) is 4.98 Å². The number of hydrogen-bond acceptors (Lipinski definition) is 10. The first-order chi connectivity index (χ1) is 20.7. The standard InChI is InChI=1S/C31H38NO11/c1-40-27(37)20-13-16-5-2-3-6-17(19(20)14-24(35)36)26(16)42-29-30(39)10-8-21-18-9-11-32-25(18)22(7-4-12-33)43-31(21,28(30)38)23(15-34)41-29/h3,6,9,11,13,16-17,19,23,26,28-29,33-34,38-39H,2,4-5,7-8,10,12,14-15H2,1H3,(H,35,36)/q-1/t16-,17+,19-,23+,26+,28+,29-,30+,31+/m0/s1. The number of carboxylic acids is 1. The third-order valence-electron chi connectivity index (χ3n) is 9.79. The average molecular weight is 601 g/mol. The fraction of sp³-hybridized carbons (Fsp3) is 0.613. The number of allylic oxidation sites excluding steroid dienone is 1. The van der Waals surface area contributed by atoms with Crippen molar-refractivity contribution in [3.8, 4) is 0 Å². The Morgan fingerprint density at radius 1 is 1.26 bits per heavy atom. The summed E-state index contributed by atoms with van der Waals surface area (Å²) in [4.78, 5) is 29.0. The first-order valence-corrected chi connectivity index (χ1v) is 14.8. The Morgan fingerprint density at radius 3 is 2.79 bits per heavy atom. The molecule has 0 unspecified atom stereocenters. The molecule has 12 nitrogen and oxygen atoms in total. The Bertz CT molecular complexity index is 1450. The molecule has 9 atom stereocenters. The van der Waals surface area contributed by atoms with Crippen molar-refractivity contribution in [2.45, 2.75) is 80.7 Å². The number of rotatable bonds is 9. The van der Waals surface area contributed by atoms with E-state index in [-0.39, 0.29) is 30.9 Å². The smallest absolute Gasteiger partial charge is 0.333 e. The fourth-order valence-corrected chi connectivity index (χ4v) is 7.81. The van der Waals surface area contributed by atoms with E-state index < -0.39 is 66.2 Å². The second-order valence-electron chi connectivity index (χ2n) is 12.0. The summed E-state index contributed by atoms with van der Waals surface area (Å²) in [6.07, 6.45) is 4.38. The summed E-state index contributed by atoms with van der Waals surface area (Å²) in [6.45, 7) is -0.638. The highest BCUT2D eigenvalue weighted by Crippen LogP contribution is 2.54. The molecule has 3 heterocycles. The summed E-state index contributed by atoms with van der Waals surface area (Å²) in [6, 6.07) is 1.81. The summed E-state index contributed by atoms with van der Waals surface area (Å²) >= 11 is 0. The van der Waals surface area contributed by atoms with Gasteiger partial charge in [0.25, 0.3) is 0 Å². The number of nitrogens with zero attached hydrogens (tertiary/aromatic N) is 1. The molecule has 1 aromatic heterocycles. The van der Waals surface area contributed by atoms with Gasteiger partial charge in [0.1, 0.15) is 17.8 Å². The lowest BCUT2D eigenvalue weighted by Crippen LogP contribution is -2.78. The number of fused-ring (bicyclic) bond motifs is 4. The van der Waals surface area contributed by atoms with Crippen molar-refractivity contribution >= 4 is 23.3 Å². The van der Waals surface area contributed by atoms with Crippen molar-refractivity contribution in [2.75, 3.05) is 20.3 Å². The lowest BCUT2D eigenvalue weighted by molar-refractivity contribution is -0.375. The van der Waals surface area contributed by atoms with E-state index in [4.69, 9.17) is 18.9 Å². The third-order valence-corrected chi connectivity index (χ3v) is 9.79. The summed E-state index contributed by atoms with van der Waals surface area (Å²) in [5.74, 6) is -2.88. The van der Waals surface area contributed by atoms with Gasteiger partial charge in [0.05, 0.1) is 32.0 Å². The zero-order chi connectivity index (χ0) is 30.5. The molecule has 5 aliphatic rings. The molecule has 1 saturated heterocycles. The second-order valence-corrected chi connectivity index (χ2v) is 12.0. The number of ether oxygens (including phenoxy) is 4. The molecule has 1 spiro atoms. The van der Waals surface area contributed by atoms with E-state index in [1.54, 1.807) is 12.3 Å². The summed E-state index contributed by atoms with van der Waals surface area (Å²) in [7, 11) is 1.25. The van der Waals surface area contributed by atoms with E-state index in [9.17, 15) is 35.1 Å². The van der Waals surface area contributed by atoms with Crippen LogP contribution in [0.4, 0.5) is 0 Å². The van der Waals surface area contributed by atoms with Crippen molar-refractivity contribution in [2.24, 2.45) is 17.8 Å². The van der Waals surface area contributed by atoms with Crippen LogP contribution in [0.5, 0.6) is 0 Å². The molecule has 2 fully saturated rings. The number of esters is 1. The maximum atomic E-state index is 12.7. The van der Waals surface area contributed by atoms with Gasteiger partial charge in [-0.25, -0.2) is 4.79 Å². The fourth-order valence-electron chi connectivity index (χ4n) is 7.81. The highest BCUT2D eigenvalue weighted by atomic mass is 16.7. The van der Waals surface area contributed by atoms with E-state index in [2.05, 4.69) is 4.98 Å². The Balaban J connectivity index is 1.38. The Morgan fingerprint density at radius 2 is 2.07 bits per heavy atom. The van der Waals surface area contributed by atoms with Gasteiger partial charge in [-0.05, 0) is 42.9 Å². The number of hydrogen-bond donors (Lipinski definition) is 5. The predicted octanol–water partition coefficient (Wildman–Crippen LogP) is -0.781. The number of aromatic nitrogens is 1. The molecule has 3 aliphatic carbocycles. The normalized spacial score (nSPS) is 37.9. The van der Waals surface area contributed by atoms with Crippen LogP contribution < -0.4 is 15.6 Å². The van der Waals surface area contributed by atoms with Crippen LogP contribution in [0.2, 0.25) is 0 Å². The number of aliphatic hydroxyl groups is 4. The van der Waals surface area contributed by atoms with Gasteiger partial charge in [-0.2, -0.15) is 6.20 Å². The van der Waals surface area contributed by atoms with Crippen LogP contribution in [0.3, 0.4) is 0 Å². The Kier molecular flexibility index (Phi) is 8.03. The van der Waals surface area contributed by atoms with Crippen molar-refractivity contribution in [3.05, 3.63) is 46.6 Å². The number of carboxylic acid groups (broad SMARTS) is 1. The molecule has 0 radical (unpaired) electrons. The molecule has 0 amide bonds. The van der Waals surface area contributed by atoms with Gasteiger partial charge < -0.3 is 49.5 Å². The zero-order valence-electron chi connectivity index (χ0n) is 23.9. The topological polar surface area (TPSA) is 186 Å². The molecule has 0 aromatic carbocycles. The van der Waals surface area contributed by atoms with E-state index in [0.717, 1.165) is 5.22 Å². The number of aliphatic hydroxyl groups excluding tert-OH is 3. The molecule has 12 heteroatoms. The van der Waals surface area contributed by atoms with Crippen LogP contribution in [-0.2, 0) is 28.5 Å². The number of carbonyl (C=O) groups excluding carboxylic acids is 1. The minimum absolute atomic E-state index is 0.0632. The Labute approximate surface area is 247 Å². The van der Waals surface area contributed by atoms with E-state index >= 15 is 0 Å². The molecule has 5 N–H and O–H groups in total. The number of carbonyl (C=O) groups is 2. The zero-order valence-corrected chi connectivity index (χ0v) is 23.9. The second kappa shape index (κ2) is 11.5. The summed E-state index contributed by atoms with van der Waals surface area (Å²) in [5.41, 5.74) is -2.61. The lowest BCUT2D eigenvalue weighted by Gasteiger charge is -2.61. The molecule has 6 rings (SSSR count). The van der Waals surface area contributed by atoms with Gasteiger partial charge in [-0.15, -0.1) is 0 Å². The maximum absolute atomic E-state index is 12.7. The van der Waals surface area contributed by atoms with Crippen molar-refractivity contribution in [3.63, 3.8) is 0 Å². The first kappa shape index (κ1) is 30.0. The van der Waals surface area contributed by atoms with Crippen LogP contribution in [0.15, 0.2) is 36.1 Å². The summed E-state index contributed by atoms with van der Waals surface area (Å²) in [5, 5.41) is 55.3. The minimum atomic E-state index is -1.95. The van der Waals surface area contributed by atoms with Gasteiger partial charge in [0, 0.05) is 36.4 Å². The number of methoxy groups -OCH3 is 1. The van der Waals surface area contributed by atoms with Crippen molar-refractivity contribution in [1.29, 1.82) is 0 Å². The maximum Gasteiger partial charge on any atom is 0.333 e. The highest BCUT2D eigenvalue weighted by molar-refractivity contribution is 5.90. The third kappa shape index (κ3) is 4.66. The van der Waals surface area contributed by atoms with Crippen LogP contribution in [-0.4, -0.2) is 93.6 Å². The molecule has 4 bridgehead atoms. The van der Waals surface area contributed by atoms with Crippen molar-refractivity contribution < 1.29 is 54.1 Å². The first-order valence-electron chi connectivity index (χ1n) is 14.8. The van der Waals surface area contributed by atoms with Gasteiger partial charge in [-0.1, -0.05) is 29.6 Å². The quantitative estimate of drug-likeness (QED) is 0.176. The van der Waals surface area contributed by atoms with E-state index in [1.807, 2.05) is 18.2 Å². The average Bonchev–Trinajstić information content (AvgIpc) is 3.43. The summed E-state index contributed by atoms with van der Waals surface area (Å²) < 4.78 is 24.4. The molecule has 2 aliphatic heterocycles. The molecule has 1 aromatic rings.